The Morgan fingerprint density at radius 3 is 2.71 bits per heavy atom. The molecule has 0 aromatic heterocycles. The number of aliphatic hydroxyl groups excluding tert-OH is 1. The molecule has 3 nitrogen and oxygen atoms in total. The summed E-state index contributed by atoms with van der Waals surface area (Å²) in [5.41, 5.74) is 0.578. The van der Waals surface area contributed by atoms with Gasteiger partial charge in [0.2, 0.25) is 5.91 Å². The number of carbonyl (C=O) groups excluding carboxylic acids is 1. The molecule has 1 aromatic carbocycles. The van der Waals surface area contributed by atoms with Crippen LogP contribution < -0.4 is 0 Å². The second kappa shape index (κ2) is 6.56. The molecular weight excluding hydrogens is 269 g/mol. The summed E-state index contributed by atoms with van der Waals surface area (Å²) in [5, 5.41) is 9.52. The van der Waals surface area contributed by atoms with E-state index in [1.54, 1.807) is 18.0 Å². The molecule has 1 amide bonds. The topological polar surface area (TPSA) is 40.5 Å². The maximum Gasteiger partial charge on any atom is 0.223 e. The molecule has 0 aliphatic heterocycles. The maximum atomic E-state index is 13.2. The molecular formula is C17H24FNO2. The Hall–Kier alpha value is -1.42. The Morgan fingerprint density at radius 2 is 2.19 bits per heavy atom. The molecule has 21 heavy (non-hydrogen) atoms. The van der Waals surface area contributed by atoms with Crippen LogP contribution in [0.2, 0.25) is 0 Å². The standard InChI is InChI=1S/C17H24FNO2/c1-13(9-14-5-3-6-15(18)11-14)10-16(21)19(2)17(12-20)7-4-8-17/h3,5-6,11,13,20H,4,7-10,12H2,1-2H3. The zero-order chi connectivity index (χ0) is 15.5. The smallest absolute Gasteiger partial charge is 0.223 e. The van der Waals surface area contributed by atoms with Gasteiger partial charge in [0.15, 0.2) is 0 Å². The first-order chi connectivity index (χ1) is 9.97. The van der Waals surface area contributed by atoms with E-state index in [1.807, 2.05) is 13.0 Å². The van der Waals surface area contributed by atoms with Crippen molar-refractivity contribution in [1.29, 1.82) is 0 Å². The quantitative estimate of drug-likeness (QED) is 0.876. The molecule has 0 saturated heterocycles. The number of hydrogen-bond donors (Lipinski definition) is 1. The summed E-state index contributed by atoms with van der Waals surface area (Å²) in [6.45, 7) is 2.04. The van der Waals surface area contributed by atoms with E-state index < -0.39 is 0 Å². The van der Waals surface area contributed by atoms with Crippen LogP contribution in [-0.4, -0.2) is 35.1 Å². The van der Waals surface area contributed by atoms with E-state index in [2.05, 4.69) is 0 Å². The van der Waals surface area contributed by atoms with Crippen molar-refractivity contribution in [2.75, 3.05) is 13.7 Å². The third-order valence-electron chi connectivity index (χ3n) is 4.66. The highest BCUT2D eigenvalue weighted by atomic mass is 19.1. The number of halogens is 1. The minimum atomic E-state index is -0.338. The van der Waals surface area contributed by atoms with Gasteiger partial charge in [-0.1, -0.05) is 19.1 Å². The lowest BCUT2D eigenvalue weighted by Crippen LogP contribution is -2.57. The summed E-state index contributed by atoms with van der Waals surface area (Å²) in [5.74, 6) is -0.0259. The molecule has 116 valence electrons. The second-order valence-corrected chi connectivity index (χ2v) is 6.33. The fourth-order valence-corrected chi connectivity index (χ4v) is 3.02. The Balaban J connectivity index is 1.90. The lowest BCUT2D eigenvalue weighted by Gasteiger charge is -2.47. The molecule has 4 heteroatoms. The first-order valence-electron chi connectivity index (χ1n) is 7.59. The number of carbonyl (C=O) groups is 1. The van der Waals surface area contributed by atoms with Gasteiger partial charge >= 0.3 is 0 Å². The van der Waals surface area contributed by atoms with E-state index in [0.29, 0.717) is 12.8 Å². The van der Waals surface area contributed by atoms with Crippen molar-refractivity contribution in [2.24, 2.45) is 5.92 Å². The van der Waals surface area contributed by atoms with E-state index in [-0.39, 0.29) is 29.8 Å². The minimum Gasteiger partial charge on any atom is -0.394 e. The molecule has 1 atom stereocenters. The van der Waals surface area contributed by atoms with E-state index in [9.17, 15) is 14.3 Å². The molecule has 1 aliphatic carbocycles. The van der Waals surface area contributed by atoms with Crippen LogP contribution >= 0.6 is 0 Å². The number of likely N-dealkylation sites (N-methyl/N-ethyl adjacent to an activating group) is 1. The van der Waals surface area contributed by atoms with Crippen LogP contribution in [0.5, 0.6) is 0 Å². The fraction of sp³-hybridized carbons (Fsp3) is 0.588. The third-order valence-corrected chi connectivity index (χ3v) is 4.66. The Kier molecular flexibility index (Phi) is 4.99. The summed E-state index contributed by atoms with van der Waals surface area (Å²) in [4.78, 5) is 14.1. The van der Waals surface area contributed by atoms with Crippen LogP contribution in [0, 0.1) is 11.7 Å². The lowest BCUT2D eigenvalue weighted by atomic mass is 9.76. The molecule has 1 N–H and O–H groups in total. The van der Waals surface area contributed by atoms with Gasteiger partial charge in [-0.15, -0.1) is 0 Å². The molecule has 0 bridgehead atoms. The normalized spacial score (nSPS) is 17.9. The zero-order valence-electron chi connectivity index (χ0n) is 12.8. The Morgan fingerprint density at radius 1 is 1.48 bits per heavy atom. The molecule has 1 unspecified atom stereocenters. The molecule has 1 aliphatic rings. The summed E-state index contributed by atoms with van der Waals surface area (Å²) in [6.07, 6.45) is 3.93. The maximum absolute atomic E-state index is 13.2. The third kappa shape index (κ3) is 3.62. The van der Waals surface area contributed by atoms with Crippen molar-refractivity contribution >= 4 is 5.91 Å². The summed E-state index contributed by atoms with van der Waals surface area (Å²) >= 11 is 0. The number of hydrogen-bond acceptors (Lipinski definition) is 2. The minimum absolute atomic E-state index is 0.0352. The highest BCUT2D eigenvalue weighted by Gasteiger charge is 2.42. The number of amides is 1. The molecule has 1 aromatic rings. The van der Waals surface area contributed by atoms with E-state index >= 15 is 0 Å². The molecule has 2 rings (SSSR count). The van der Waals surface area contributed by atoms with Gasteiger partial charge in [-0.2, -0.15) is 0 Å². The Labute approximate surface area is 125 Å². The molecule has 1 fully saturated rings. The number of nitrogens with zero attached hydrogens (tertiary/aromatic N) is 1. The van der Waals surface area contributed by atoms with Crippen LogP contribution in [0.3, 0.4) is 0 Å². The highest BCUT2D eigenvalue weighted by molar-refractivity contribution is 5.77. The predicted octanol–water partition coefficient (Wildman–Crippen LogP) is 2.77. The van der Waals surface area contributed by atoms with Gasteiger partial charge in [0.05, 0.1) is 12.1 Å². The first kappa shape index (κ1) is 16.0. The van der Waals surface area contributed by atoms with Crippen molar-refractivity contribution in [1.82, 2.24) is 4.90 Å². The van der Waals surface area contributed by atoms with Crippen molar-refractivity contribution in [3.63, 3.8) is 0 Å². The molecule has 1 saturated carbocycles. The van der Waals surface area contributed by atoms with E-state index in [4.69, 9.17) is 0 Å². The van der Waals surface area contributed by atoms with Crippen LogP contribution in [0.15, 0.2) is 24.3 Å². The van der Waals surface area contributed by atoms with Crippen LogP contribution in [0.4, 0.5) is 4.39 Å². The van der Waals surface area contributed by atoms with Crippen LogP contribution in [0.1, 0.15) is 38.2 Å². The van der Waals surface area contributed by atoms with E-state index in [0.717, 1.165) is 24.8 Å². The molecule has 0 radical (unpaired) electrons. The highest BCUT2D eigenvalue weighted by Crippen LogP contribution is 2.37. The van der Waals surface area contributed by atoms with Gasteiger partial charge in [0, 0.05) is 13.5 Å². The number of benzene rings is 1. The van der Waals surface area contributed by atoms with Gasteiger partial charge in [0.25, 0.3) is 0 Å². The molecule has 0 heterocycles. The largest absolute Gasteiger partial charge is 0.394 e. The Bertz CT molecular complexity index is 494. The van der Waals surface area contributed by atoms with Crippen LogP contribution in [-0.2, 0) is 11.2 Å². The summed E-state index contributed by atoms with van der Waals surface area (Å²) in [6, 6.07) is 6.52. The van der Waals surface area contributed by atoms with Gasteiger partial charge in [-0.3, -0.25) is 4.79 Å². The average molecular weight is 293 g/mol. The second-order valence-electron chi connectivity index (χ2n) is 6.33. The fourth-order valence-electron chi connectivity index (χ4n) is 3.02. The first-order valence-corrected chi connectivity index (χ1v) is 7.59. The van der Waals surface area contributed by atoms with Crippen molar-refractivity contribution < 1.29 is 14.3 Å². The van der Waals surface area contributed by atoms with Crippen molar-refractivity contribution in [3.05, 3.63) is 35.6 Å². The average Bonchev–Trinajstić information content (AvgIpc) is 2.37. The van der Waals surface area contributed by atoms with E-state index in [1.165, 1.54) is 12.1 Å². The van der Waals surface area contributed by atoms with Gasteiger partial charge in [-0.25, -0.2) is 4.39 Å². The monoisotopic (exact) mass is 293 g/mol. The lowest BCUT2D eigenvalue weighted by molar-refractivity contribution is -0.142. The summed E-state index contributed by atoms with van der Waals surface area (Å²) < 4.78 is 13.2. The summed E-state index contributed by atoms with van der Waals surface area (Å²) in [7, 11) is 1.78. The zero-order valence-corrected chi connectivity index (χ0v) is 12.8. The number of aliphatic hydroxyl groups is 1. The number of rotatable bonds is 6. The SMILES string of the molecule is CC(CC(=O)N(C)C1(CO)CCC1)Cc1cccc(F)c1. The molecule has 0 spiro atoms. The van der Waals surface area contributed by atoms with Crippen molar-refractivity contribution in [2.45, 2.75) is 44.6 Å². The predicted molar refractivity (Wildman–Crippen MR) is 80.3 cm³/mol. The van der Waals surface area contributed by atoms with Crippen molar-refractivity contribution in [3.8, 4) is 0 Å². The van der Waals surface area contributed by atoms with Gasteiger partial charge in [-0.05, 0) is 49.3 Å². The van der Waals surface area contributed by atoms with Gasteiger partial charge < -0.3 is 10.0 Å². The van der Waals surface area contributed by atoms with Crippen LogP contribution in [0.25, 0.3) is 0 Å². The van der Waals surface area contributed by atoms with Gasteiger partial charge in [0.1, 0.15) is 5.82 Å².